The molecule has 4 bridgehead atoms. The molecule has 0 spiro atoms. The van der Waals surface area contributed by atoms with Crippen molar-refractivity contribution in [2.24, 2.45) is 5.73 Å². The monoisotopic (exact) mass is 648 g/mol. The summed E-state index contributed by atoms with van der Waals surface area (Å²) >= 11 is 1.43. The third kappa shape index (κ3) is 4.31. The minimum Gasteiger partial charge on any atom is -0.504 e. The number of fused-ring (bicyclic) bond motifs is 9. The van der Waals surface area contributed by atoms with Crippen molar-refractivity contribution in [3.8, 4) is 34.8 Å². The molecule has 2 aromatic carbocycles. The van der Waals surface area contributed by atoms with Crippen molar-refractivity contribution in [1.29, 1.82) is 5.26 Å². The van der Waals surface area contributed by atoms with Gasteiger partial charge in [0.25, 0.3) is 0 Å². The van der Waals surface area contributed by atoms with Gasteiger partial charge in [-0.1, -0.05) is 12.1 Å². The molecule has 2 fully saturated rings. The molecule has 242 valence electrons. The van der Waals surface area contributed by atoms with Crippen molar-refractivity contribution in [2.75, 3.05) is 32.8 Å². The van der Waals surface area contributed by atoms with E-state index in [2.05, 4.69) is 22.4 Å². The van der Waals surface area contributed by atoms with Crippen LogP contribution in [0.1, 0.15) is 57.6 Å². The van der Waals surface area contributed by atoms with Crippen LogP contribution in [0.5, 0.6) is 28.7 Å². The van der Waals surface area contributed by atoms with Gasteiger partial charge in [0.1, 0.15) is 24.4 Å². The fraction of sp³-hybridized carbons (Fsp3) is 0.485. The first kappa shape index (κ1) is 30.7. The van der Waals surface area contributed by atoms with Gasteiger partial charge in [0, 0.05) is 53.6 Å². The summed E-state index contributed by atoms with van der Waals surface area (Å²) in [5.41, 5.74) is 10.8. The zero-order valence-electron chi connectivity index (χ0n) is 26.1. The Kier molecular flexibility index (Phi) is 7.59. The molecule has 46 heavy (non-hydrogen) atoms. The Hall–Kier alpha value is -3.96. The number of phenols is 1. The molecule has 7 atom stereocenters. The molecule has 2 aromatic rings. The molecule has 13 heteroatoms. The number of cyclic esters (lactones) is 1. The van der Waals surface area contributed by atoms with E-state index in [1.165, 1.54) is 25.8 Å². The van der Waals surface area contributed by atoms with Crippen LogP contribution >= 0.6 is 11.8 Å². The van der Waals surface area contributed by atoms with Crippen molar-refractivity contribution in [3.05, 3.63) is 52.1 Å². The number of esters is 2. The predicted molar refractivity (Wildman–Crippen MR) is 167 cm³/mol. The smallest absolute Gasteiger partial charge is 0.323 e. The average Bonchev–Trinajstić information content (AvgIpc) is 3.51. The number of hydrogen-bond donors (Lipinski definition) is 2. The Bertz CT molecular complexity index is 1710. The topological polar surface area (TPSA) is 157 Å². The summed E-state index contributed by atoms with van der Waals surface area (Å²) < 4.78 is 29.6. The minimum atomic E-state index is -0.907. The summed E-state index contributed by atoms with van der Waals surface area (Å²) in [5, 5.41) is 22.3. The average molecular weight is 649 g/mol. The number of nitrogens with two attached hydrogens (primary N) is 1. The highest BCUT2D eigenvalue weighted by molar-refractivity contribution is 7.99. The summed E-state index contributed by atoms with van der Waals surface area (Å²) in [5.74, 6) is 0.861. The largest absolute Gasteiger partial charge is 0.504 e. The van der Waals surface area contributed by atoms with Gasteiger partial charge in [-0.3, -0.25) is 19.4 Å². The van der Waals surface area contributed by atoms with Crippen LogP contribution in [-0.4, -0.2) is 83.8 Å². The summed E-state index contributed by atoms with van der Waals surface area (Å²) in [4.78, 5) is 30.0. The fourth-order valence-electron chi connectivity index (χ4n) is 8.23. The lowest BCUT2D eigenvalue weighted by molar-refractivity contribution is -0.150. The molecular formula is C33H36N4O8S. The van der Waals surface area contributed by atoms with Gasteiger partial charge in [0.05, 0.1) is 30.5 Å². The molecule has 0 amide bonds. The van der Waals surface area contributed by atoms with Gasteiger partial charge in [-0.2, -0.15) is 5.26 Å². The molecule has 12 nitrogen and oxygen atoms in total. The first-order chi connectivity index (χ1) is 22.1. The number of aryl methyl sites for hydroxylation is 1. The van der Waals surface area contributed by atoms with Crippen LogP contribution in [0.2, 0.25) is 0 Å². The van der Waals surface area contributed by atoms with Crippen molar-refractivity contribution < 1.29 is 38.4 Å². The zero-order chi connectivity index (χ0) is 32.6. The van der Waals surface area contributed by atoms with Crippen LogP contribution in [0.4, 0.5) is 0 Å². The second kappa shape index (κ2) is 11.4. The Labute approximate surface area is 270 Å². The zero-order valence-corrected chi connectivity index (χ0v) is 26.9. The number of carbonyl (C=O) groups is 2. The Morgan fingerprint density at radius 1 is 1.24 bits per heavy atom. The van der Waals surface area contributed by atoms with E-state index in [0.717, 1.165) is 11.1 Å². The van der Waals surface area contributed by atoms with Crippen molar-refractivity contribution >= 4 is 23.7 Å². The summed E-state index contributed by atoms with van der Waals surface area (Å²) in [7, 11) is 1.53. The van der Waals surface area contributed by atoms with Gasteiger partial charge in [0.2, 0.25) is 6.79 Å². The van der Waals surface area contributed by atoms with Gasteiger partial charge >= 0.3 is 11.9 Å². The first-order valence-corrected chi connectivity index (χ1v) is 16.3. The number of rotatable bonds is 4. The quantitative estimate of drug-likeness (QED) is 0.284. The highest BCUT2D eigenvalue weighted by Crippen LogP contribution is 2.64. The minimum absolute atomic E-state index is 0.0365. The van der Waals surface area contributed by atoms with Crippen LogP contribution < -0.4 is 24.7 Å². The number of benzene rings is 2. The molecule has 5 aliphatic rings. The molecule has 2 saturated heterocycles. The van der Waals surface area contributed by atoms with Crippen LogP contribution in [-0.2, 0) is 20.7 Å². The summed E-state index contributed by atoms with van der Waals surface area (Å²) in [6.45, 7) is 9.38. The number of hydrogen-bond acceptors (Lipinski definition) is 13. The van der Waals surface area contributed by atoms with Gasteiger partial charge in [-0.05, 0) is 31.4 Å². The van der Waals surface area contributed by atoms with Crippen LogP contribution in [0.15, 0.2) is 18.7 Å². The summed E-state index contributed by atoms with van der Waals surface area (Å²) in [6, 6.07) is 1.15. The molecule has 0 saturated carbocycles. The molecule has 0 radical (unpaired) electrons. The third-order valence-electron chi connectivity index (χ3n) is 9.85. The molecular weight excluding hydrogens is 612 g/mol. The lowest BCUT2D eigenvalue weighted by Crippen LogP contribution is -2.70. The highest BCUT2D eigenvalue weighted by Gasteiger charge is 2.61. The molecule has 7 rings (SSSR count). The molecule has 0 aliphatic carbocycles. The maximum Gasteiger partial charge on any atom is 0.323 e. The van der Waals surface area contributed by atoms with Gasteiger partial charge < -0.3 is 34.5 Å². The van der Waals surface area contributed by atoms with Crippen LogP contribution in [0.25, 0.3) is 0 Å². The number of nitrogens with zero attached hydrogens (tertiary/aromatic N) is 3. The SMILES string of the molecule is C=CCN1[C@@H]2c3c(cc(C)c(OC)c3O)C[C@H]1[C@H](C#N)N1C2[C@@H]2SC[C@H](N)C(=O)OC[C@H]1c1c3c(c(C)c(OC(C)=O)c12)OCO3. The van der Waals surface area contributed by atoms with E-state index >= 15 is 0 Å². The number of phenolic OH excluding ortho intramolecular Hbond substituents is 1. The van der Waals surface area contributed by atoms with E-state index < -0.39 is 47.4 Å². The normalized spacial score (nSPS) is 29.5. The lowest BCUT2D eigenvalue weighted by atomic mass is 9.71. The standard InChI is InChI=1S/C33H36N4O8S/c1-6-7-36-19-9-17-8-14(2)28(41-5)27(39)22(17)25(36)26-32-24-23(31-30(43-13-44-31)15(3)29(24)45-16(4)38)21(37(26)20(19)10-34)11-42-33(40)18(35)12-46-32/h6,8,18-21,25-26,32,39H,1,7,9,11-13,35H2,2-5H3/t18-,19-,20-,21-,25+,26?,32+/m0/s1. The number of aromatic hydroxyl groups is 1. The fourth-order valence-corrected chi connectivity index (χ4v) is 9.67. The van der Waals surface area contributed by atoms with E-state index in [9.17, 15) is 20.0 Å². The van der Waals surface area contributed by atoms with E-state index in [0.29, 0.717) is 58.2 Å². The Morgan fingerprint density at radius 3 is 2.70 bits per heavy atom. The second-order valence-corrected chi connectivity index (χ2v) is 13.5. The van der Waals surface area contributed by atoms with Gasteiger partial charge in [0.15, 0.2) is 23.0 Å². The van der Waals surface area contributed by atoms with Gasteiger partial charge in [-0.25, -0.2) is 0 Å². The maximum atomic E-state index is 13.0. The highest BCUT2D eigenvalue weighted by atomic mass is 32.2. The lowest BCUT2D eigenvalue weighted by Gasteiger charge is -2.62. The van der Waals surface area contributed by atoms with Crippen molar-refractivity contribution in [2.45, 2.75) is 68.7 Å². The number of ether oxygens (including phenoxy) is 5. The number of piperazine rings is 1. The Morgan fingerprint density at radius 2 is 2.00 bits per heavy atom. The second-order valence-electron chi connectivity index (χ2n) is 12.3. The third-order valence-corrected chi connectivity index (χ3v) is 11.3. The Balaban J connectivity index is 1.58. The number of thioether (sulfide) groups is 1. The predicted octanol–water partition coefficient (Wildman–Crippen LogP) is 3.12. The number of methoxy groups -OCH3 is 1. The van der Waals surface area contributed by atoms with Crippen LogP contribution in [0.3, 0.4) is 0 Å². The van der Waals surface area contributed by atoms with E-state index in [-0.39, 0.29) is 30.9 Å². The van der Waals surface area contributed by atoms with E-state index in [1.54, 1.807) is 6.08 Å². The molecule has 0 aromatic heterocycles. The first-order valence-electron chi connectivity index (χ1n) is 15.2. The number of nitriles is 1. The van der Waals surface area contributed by atoms with Crippen molar-refractivity contribution in [3.63, 3.8) is 0 Å². The van der Waals surface area contributed by atoms with E-state index in [1.807, 2.05) is 19.9 Å². The van der Waals surface area contributed by atoms with E-state index in [4.69, 9.17) is 29.4 Å². The molecule has 1 unspecified atom stereocenters. The summed E-state index contributed by atoms with van der Waals surface area (Å²) in [6.07, 6.45) is 2.30. The molecule has 5 aliphatic heterocycles. The van der Waals surface area contributed by atoms with Gasteiger partial charge in [-0.15, -0.1) is 18.3 Å². The molecule has 5 heterocycles. The van der Waals surface area contributed by atoms with Crippen LogP contribution in [0, 0.1) is 25.2 Å². The maximum absolute atomic E-state index is 13.0. The van der Waals surface area contributed by atoms with Crippen molar-refractivity contribution in [1.82, 2.24) is 9.80 Å². The molecule has 3 N–H and O–H groups in total. The number of carbonyl (C=O) groups excluding carboxylic acids is 2.